The van der Waals surface area contributed by atoms with Crippen molar-refractivity contribution in [2.45, 2.75) is 45.6 Å². The summed E-state index contributed by atoms with van der Waals surface area (Å²) in [6, 6.07) is 3.93. The molecule has 0 bridgehead atoms. The van der Waals surface area contributed by atoms with E-state index in [4.69, 9.17) is 14.2 Å². The first-order valence-corrected chi connectivity index (χ1v) is 7.77. The molecule has 0 radical (unpaired) electrons. The minimum absolute atomic E-state index is 0. The van der Waals surface area contributed by atoms with Crippen molar-refractivity contribution >= 4 is 12.4 Å². The monoisotopic (exact) mass is 331 g/mol. The number of halogens is 1. The van der Waals surface area contributed by atoms with Crippen molar-refractivity contribution < 1.29 is 14.2 Å². The van der Waals surface area contributed by atoms with Crippen molar-refractivity contribution in [3.8, 4) is 17.2 Å². The number of benzene rings is 1. The van der Waals surface area contributed by atoms with Gasteiger partial charge in [-0.2, -0.15) is 0 Å². The van der Waals surface area contributed by atoms with Crippen LogP contribution in [0.5, 0.6) is 17.2 Å². The Morgan fingerprint density at radius 2 is 1.55 bits per heavy atom. The molecule has 0 unspecified atom stereocenters. The second-order valence-corrected chi connectivity index (χ2v) is 5.08. The van der Waals surface area contributed by atoms with Gasteiger partial charge in [-0.05, 0) is 19.0 Å². The van der Waals surface area contributed by atoms with Gasteiger partial charge in [0.25, 0.3) is 0 Å². The third-order valence-electron chi connectivity index (χ3n) is 3.56. The zero-order valence-electron chi connectivity index (χ0n) is 14.2. The van der Waals surface area contributed by atoms with Crippen LogP contribution in [-0.2, 0) is 6.54 Å². The lowest BCUT2D eigenvalue weighted by atomic mass is 10.1. The lowest BCUT2D eigenvalue weighted by molar-refractivity contribution is 0.321. The van der Waals surface area contributed by atoms with Gasteiger partial charge in [0, 0.05) is 12.1 Å². The summed E-state index contributed by atoms with van der Waals surface area (Å²) in [4.78, 5) is 0. The smallest absolute Gasteiger partial charge is 0.203 e. The van der Waals surface area contributed by atoms with Crippen LogP contribution in [0.1, 0.15) is 44.6 Å². The van der Waals surface area contributed by atoms with Crippen LogP contribution in [0.3, 0.4) is 0 Å². The Balaban J connectivity index is 0.00000441. The number of unbranched alkanes of at least 4 members (excludes halogenated alkanes) is 4. The van der Waals surface area contributed by atoms with Gasteiger partial charge in [0.1, 0.15) is 0 Å². The summed E-state index contributed by atoms with van der Waals surface area (Å²) in [7, 11) is 4.92. The molecule has 22 heavy (non-hydrogen) atoms. The fraction of sp³-hybridized carbons (Fsp3) is 0.647. The van der Waals surface area contributed by atoms with Crippen molar-refractivity contribution in [2.24, 2.45) is 0 Å². The molecular formula is C17H30ClNO3. The molecule has 0 aliphatic rings. The van der Waals surface area contributed by atoms with Crippen LogP contribution < -0.4 is 19.5 Å². The van der Waals surface area contributed by atoms with E-state index >= 15 is 0 Å². The zero-order valence-corrected chi connectivity index (χ0v) is 15.1. The molecule has 0 aromatic heterocycles. The Morgan fingerprint density at radius 3 is 2.14 bits per heavy atom. The maximum Gasteiger partial charge on any atom is 0.203 e. The number of methoxy groups -OCH3 is 3. The Bertz CT molecular complexity index is 413. The van der Waals surface area contributed by atoms with Gasteiger partial charge in [0.05, 0.1) is 21.3 Å². The van der Waals surface area contributed by atoms with Gasteiger partial charge in [0.2, 0.25) is 5.75 Å². The first kappa shape index (κ1) is 20.9. The fourth-order valence-electron chi connectivity index (χ4n) is 2.38. The van der Waals surface area contributed by atoms with Crippen molar-refractivity contribution in [3.63, 3.8) is 0 Å². The molecule has 0 aliphatic carbocycles. The lowest BCUT2D eigenvalue weighted by Gasteiger charge is -2.16. The van der Waals surface area contributed by atoms with E-state index in [1.54, 1.807) is 21.3 Å². The molecule has 1 rings (SSSR count). The summed E-state index contributed by atoms with van der Waals surface area (Å²) in [6.07, 6.45) is 6.47. The molecule has 0 saturated heterocycles. The first-order chi connectivity index (χ1) is 10.3. The normalized spacial score (nSPS) is 10.0. The van der Waals surface area contributed by atoms with Crippen molar-refractivity contribution in [1.82, 2.24) is 5.32 Å². The van der Waals surface area contributed by atoms with Crippen LogP contribution in [-0.4, -0.2) is 27.9 Å². The Labute approximate surface area is 140 Å². The molecule has 0 spiro atoms. The Hall–Kier alpha value is -1.13. The maximum atomic E-state index is 5.47. The van der Waals surface area contributed by atoms with Gasteiger partial charge < -0.3 is 19.5 Å². The van der Waals surface area contributed by atoms with Crippen molar-refractivity contribution in [1.29, 1.82) is 0 Å². The minimum Gasteiger partial charge on any atom is -0.493 e. The van der Waals surface area contributed by atoms with Gasteiger partial charge in [-0.3, -0.25) is 0 Å². The van der Waals surface area contributed by atoms with Crippen molar-refractivity contribution in [2.75, 3.05) is 27.9 Å². The number of nitrogens with one attached hydrogen (secondary N) is 1. The quantitative estimate of drug-likeness (QED) is 0.617. The molecule has 0 atom stereocenters. The predicted octanol–water partition coefficient (Wildman–Crippen LogP) is 4.19. The summed E-state index contributed by atoms with van der Waals surface area (Å²) < 4.78 is 16.2. The summed E-state index contributed by atoms with van der Waals surface area (Å²) in [6.45, 7) is 4.04. The van der Waals surface area contributed by atoms with E-state index in [0.717, 1.165) is 24.4 Å². The fourth-order valence-corrected chi connectivity index (χ4v) is 2.38. The number of ether oxygens (including phenoxy) is 3. The van der Waals surface area contributed by atoms with Gasteiger partial charge in [0.15, 0.2) is 11.5 Å². The molecule has 0 aliphatic heterocycles. The molecule has 128 valence electrons. The molecule has 4 nitrogen and oxygen atoms in total. The van der Waals surface area contributed by atoms with Gasteiger partial charge in [-0.15, -0.1) is 12.4 Å². The molecule has 0 amide bonds. The number of hydrogen-bond acceptors (Lipinski definition) is 4. The van der Waals surface area contributed by atoms with Gasteiger partial charge >= 0.3 is 0 Å². The third kappa shape index (κ3) is 6.32. The minimum atomic E-state index is 0. The molecule has 1 aromatic carbocycles. The Kier molecular flexibility index (Phi) is 11.8. The third-order valence-corrected chi connectivity index (χ3v) is 3.56. The van der Waals surface area contributed by atoms with Gasteiger partial charge in [-0.1, -0.05) is 38.7 Å². The standard InChI is InChI=1S/C17H29NO3.ClH/c1-5-6-7-8-9-12-18-13-14-10-11-15(19-2)17(21-4)16(14)20-3;/h10-11,18H,5-9,12-13H2,1-4H3;1H. The highest BCUT2D eigenvalue weighted by Crippen LogP contribution is 2.39. The number of hydrogen-bond donors (Lipinski definition) is 1. The van der Waals surface area contributed by atoms with Crippen LogP contribution in [0, 0.1) is 0 Å². The SMILES string of the molecule is CCCCCCCNCc1ccc(OC)c(OC)c1OC.Cl. The van der Waals surface area contributed by atoms with Crippen LogP contribution in [0.4, 0.5) is 0 Å². The summed E-state index contributed by atoms with van der Waals surface area (Å²) in [5.41, 5.74) is 1.09. The number of rotatable bonds is 11. The lowest BCUT2D eigenvalue weighted by Crippen LogP contribution is -2.15. The summed E-state index contributed by atoms with van der Waals surface area (Å²) in [5.74, 6) is 2.09. The maximum absolute atomic E-state index is 5.47. The van der Waals surface area contributed by atoms with Crippen molar-refractivity contribution in [3.05, 3.63) is 17.7 Å². The topological polar surface area (TPSA) is 39.7 Å². The molecule has 0 fully saturated rings. The highest BCUT2D eigenvalue weighted by atomic mass is 35.5. The molecular weight excluding hydrogens is 302 g/mol. The largest absolute Gasteiger partial charge is 0.493 e. The molecule has 0 heterocycles. The second kappa shape index (κ2) is 12.4. The summed E-state index contributed by atoms with van der Waals surface area (Å²) in [5, 5.41) is 3.47. The highest BCUT2D eigenvalue weighted by Gasteiger charge is 2.15. The van der Waals surface area contributed by atoms with Crippen LogP contribution in [0.25, 0.3) is 0 Å². The van der Waals surface area contributed by atoms with E-state index < -0.39 is 0 Å². The first-order valence-electron chi connectivity index (χ1n) is 7.77. The van der Waals surface area contributed by atoms with E-state index in [1.165, 1.54) is 32.1 Å². The zero-order chi connectivity index (χ0) is 15.5. The van der Waals surface area contributed by atoms with Crippen LogP contribution >= 0.6 is 12.4 Å². The van der Waals surface area contributed by atoms with E-state index in [-0.39, 0.29) is 12.4 Å². The molecule has 0 saturated carbocycles. The predicted molar refractivity (Wildman–Crippen MR) is 93.8 cm³/mol. The van der Waals surface area contributed by atoms with Gasteiger partial charge in [-0.25, -0.2) is 0 Å². The second-order valence-electron chi connectivity index (χ2n) is 5.08. The molecule has 1 N–H and O–H groups in total. The summed E-state index contributed by atoms with van der Waals surface area (Å²) >= 11 is 0. The average Bonchev–Trinajstić information content (AvgIpc) is 2.52. The average molecular weight is 332 g/mol. The van der Waals surface area contributed by atoms with Crippen LogP contribution in [0.15, 0.2) is 12.1 Å². The van der Waals surface area contributed by atoms with E-state index in [2.05, 4.69) is 12.2 Å². The van der Waals surface area contributed by atoms with E-state index in [1.807, 2.05) is 12.1 Å². The Morgan fingerprint density at radius 1 is 0.864 bits per heavy atom. The molecule has 5 heteroatoms. The van der Waals surface area contributed by atoms with E-state index in [0.29, 0.717) is 11.5 Å². The molecule has 1 aromatic rings. The van der Waals surface area contributed by atoms with E-state index in [9.17, 15) is 0 Å². The van der Waals surface area contributed by atoms with Crippen LogP contribution in [0.2, 0.25) is 0 Å². The highest BCUT2D eigenvalue weighted by molar-refractivity contribution is 5.85.